The second-order valence-electron chi connectivity index (χ2n) is 6.52. The molecule has 0 spiro atoms. The third-order valence-electron chi connectivity index (χ3n) is 3.74. The first-order valence-corrected chi connectivity index (χ1v) is 7.92. The van der Waals surface area contributed by atoms with Crippen LogP contribution in [0.2, 0.25) is 0 Å². The van der Waals surface area contributed by atoms with Gasteiger partial charge >= 0.3 is 5.97 Å². The molecule has 1 aromatic carbocycles. The quantitative estimate of drug-likeness (QED) is 0.685. The summed E-state index contributed by atoms with van der Waals surface area (Å²) < 4.78 is 5.64. The van der Waals surface area contributed by atoms with Crippen molar-refractivity contribution in [1.82, 2.24) is 5.32 Å². The molecule has 0 aliphatic carbocycles. The summed E-state index contributed by atoms with van der Waals surface area (Å²) in [4.78, 5) is 22.5. The number of benzene rings is 1. The van der Waals surface area contributed by atoms with Crippen molar-refractivity contribution in [3.05, 3.63) is 29.3 Å². The van der Waals surface area contributed by atoms with Crippen LogP contribution >= 0.6 is 0 Å². The van der Waals surface area contributed by atoms with Crippen molar-refractivity contribution < 1.29 is 19.4 Å². The van der Waals surface area contributed by atoms with Gasteiger partial charge in [0, 0.05) is 18.4 Å². The van der Waals surface area contributed by atoms with Gasteiger partial charge in [0.25, 0.3) is 0 Å². The number of hydrogen-bond acceptors (Lipinski definition) is 3. The average Bonchev–Trinajstić information content (AvgIpc) is 2.45. The number of carbonyl (C=O) groups excluding carboxylic acids is 1. The predicted molar refractivity (Wildman–Crippen MR) is 89.7 cm³/mol. The number of rotatable bonds is 9. The molecule has 0 aliphatic heterocycles. The lowest BCUT2D eigenvalue weighted by Crippen LogP contribution is -2.43. The maximum atomic E-state index is 11.9. The lowest BCUT2D eigenvalue weighted by atomic mass is 9.98. The highest BCUT2D eigenvalue weighted by molar-refractivity contribution is 5.76. The molecule has 0 fully saturated rings. The maximum absolute atomic E-state index is 11.9. The van der Waals surface area contributed by atoms with Crippen molar-refractivity contribution >= 4 is 11.9 Å². The minimum absolute atomic E-state index is 0.0448. The fourth-order valence-corrected chi connectivity index (χ4v) is 2.15. The summed E-state index contributed by atoms with van der Waals surface area (Å²) in [6.07, 6.45) is 1.44. The highest BCUT2D eigenvalue weighted by Crippen LogP contribution is 2.17. The molecule has 5 nitrogen and oxygen atoms in total. The summed E-state index contributed by atoms with van der Waals surface area (Å²) in [6, 6.07) is 5.93. The second-order valence-corrected chi connectivity index (χ2v) is 6.52. The van der Waals surface area contributed by atoms with Gasteiger partial charge in [-0.1, -0.05) is 6.07 Å². The van der Waals surface area contributed by atoms with E-state index < -0.39 is 11.5 Å². The Bertz CT molecular complexity index is 552. The van der Waals surface area contributed by atoms with Crippen molar-refractivity contribution in [1.29, 1.82) is 0 Å². The van der Waals surface area contributed by atoms with E-state index in [9.17, 15) is 9.59 Å². The van der Waals surface area contributed by atoms with Gasteiger partial charge in [0.1, 0.15) is 5.75 Å². The van der Waals surface area contributed by atoms with Gasteiger partial charge in [0.15, 0.2) is 0 Å². The normalized spacial score (nSPS) is 11.1. The fourth-order valence-electron chi connectivity index (χ4n) is 2.15. The van der Waals surface area contributed by atoms with Gasteiger partial charge in [-0.15, -0.1) is 0 Å². The standard InChI is InChI=1S/C18H27NO4/c1-13-7-8-15(12-14(13)2)23-11-5-6-16(20)19-18(3,4)10-9-17(21)22/h7-8,12H,5-6,9-11H2,1-4H3,(H,19,20)(H,21,22). The lowest BCUT2D eigenvalue weighted by Gasteiger charge is -2.25. The van der Waals surface area contributed by atoms with Gasteiger partial charge in [-0.05, 0) is 63.8 Å². The molecule has 1 rings (SSSR count). The number of carboxylic acids is 1. The third kappa shape index (κ3) is 7.68. The second kappa shape index (κ2) is 8.56. The summed E-state index contributed by atoms with van der Waals surface area (Å²) in [5.74, 6) is -0.117. The van der Waals surface area contributed by atoms with Gasteiger partial charge in [0.2, 0.25) is 5.91 Å². The number of ether oxygens (including phenoxy) is 1. The molecule has 0 saturated heterocycles. The van der Waals surface area contributed by atoms with E-state index in [-0.39, 0.29) is 12.3 Å². The molecular formula is C18H27NO4. The Morgan fingerprint density at radius 1 is 1.17 bits per heavy atom. The number of amides is 1. The molecule has 5 heteroatoms. The highest BCUT2D eigenvalue weighted by Gasteiger charge is 2.21. The monoisotopic (exact) mass is 321 g/mol. The maximum Gasteiger partial charge on any atom is 0.303 e. The first kappa shape index (κ1) is 19.0. The third-order valence-corrected chi connectivity index (χ3v) is 3.74. The minimum atomic E-state index is -0.853. The van der Waals surface area contributed by atoms with E-state index in [1.54, 1.807) is 0 Å². The highest BCUT2D eigenvalue weighted by atomic mass is 16.5. The molecule has 128 valence electrons. The van der Waals surface area contributed by atoms with Crippen LogP contribution in [0.1, 0.15) is 50.7 Å². The Kier molecular flexibility index (Phi) is 7.07. The minimum Gasteiger partial charge on any atom is -0.494 e. The Hall–Kier alpha value is -2.04. The van der Waals surface area contributed by atoms with Gasteiger partial charge in [-0.25, -0.2) is 0 Å². The molecule has 0 heterocycles. The number of aryl methyl sites for hydroxylation is 2. The molecule has 0 unspecified atom stereocenters. The van der Waals surface area contributed by atoms with Crippen LogP contribution in [0.4, 0.5) is 0 Å². The van der Waals surface area contributed by atoms with Crippen LogP contribution in [-0.2, 0) is 9.59 Å². The summed E-state index contributed by atoms with van der Waals surface area (Å²) in [5, 5.41) is 11.6. The Morgan fingerprint density at radius 3 is 2.48 bits per heavy atom. The molecule has 0 radical (unpaired) electrons. The SMILES string of the molecule is Cc1ccc(OCCCC(=O)NC(C)(C)CCC(=O)O)cc1C. The zero-order valence-electron chi connectivity index (χ0n) is 14.4. The number of carboxylic acid groups (broad SMARTS) is 1. The van der Waals surface area contributed by atoms with Crippen LogP contribution in [0.3, 0.4) is 0 Å². The molecule has 23 heavy (non-hydrogen) atoms. The number of hydrogen-bond donors (Lipinski definition) is 2. The fraction of sp³-hybridized carbons (Fsp3) is 0.556. The Morgan fingerprint density at radius 2 is 1.87 bits per heavy atom. The Labute approximate surface area is 138 Å². The molecule has 0 saturated carbocycles. The molecule has 0 atom stereocenters. The first-order valence-electron chi connectivity index (χ1n) is 7.92. The summed E-state index contributed by atoms with van der Waals surface area (Å²) in [6.45, 7) is 8.23. The molecule has 0 bridgehead atoms. The van der Waals surface area contributed by atoms with Crippen molar-refractivity contribution in [2.24, 2.45) is 0 Å². The van der Waals surface area contributed by atoms with Gasteiger partial charge in [-0.3, -0.25) is 9.59 Å². The molecule has 0 aromatic heterocycles. The number of nitrogens with one attached hydrogen (secondary N) is 1. The van der Waals surface area contributed by atoms with Crippen molar-refractivity contribution in [3.8, 4) is 5.75 Å². The van der Waals surface area contributed by atoms with E-state index in [0.29, 0.717) is 25.9 Å². The molecule has 1 amide bonds. The van der Waals surface area contributed by atoms with Crippen LogP contribution in [0.15, 0.2) is 18.2 Å². The van der Waals surface area contributed by atoms with E-state index in [0.717, 1.165) is 5.75 Å². The zero-order chi connectivity index (χ0) is 17.5. The largest absolute Gasteiger partial charge is 0.494 e. The van der Waals surface area contributed by atoms with Gasteiger partial charge in [-0.2, -0.15) is 0 Å². The lowest BCUT2D eigenvalue weighted by molar-refractivity contribution is -0.137. The first-order chi connectivity index (χ1) is 10.7. The molecule has 2 N–H and O–H groups in total. The van der Waals surface area contributed by atoms with Crippen LogP contribution in [0.5, 0.6) is 5.75 Å². The summed E-state index contributed by atoms with van der Waals surface area (Å²) >= 11 is 0. The number of carbonyl (C=O) groups is 2. The molecule has 0 aliphatic rings. The van der Waals surface area contributed by atoms with Crippen LogP contribution in [0.25, 0.3) is 0 Å². The van der Waals surface area contributed by atoms with Gasteiger partial charge in [0.05, 0.1) is 6.61 Å². The van der Waals surface area contributed by atoms with Crippen molar-refractivity contribution in [2.45, 2.75) is 58.9 Å². The van der Waals surface area contributed by atoms with Crippen LogP contribution < -0.4 is 10.1 Å². The van der Waals surface area contributed by atoms with E-state index in [1.807, 2.05) is 39.0 Å². The van der Waals surface area contributed by atoms with Crippen molar-refractivity contribution in [3.63, 3.8) is 0 Å². The van der Waals surface area contributed by atoms with E-state index in [4.69, 9.17) is 9.84 Å². The number of aliphatic carboxylic acids is 1. The van der Waals surface area contributed by atoms with Crippen LogP contribution in [-0.4, -0.2) is 29.1 Å². The van der Waals surface area contributed by atoms with E-state index in [2.05, 4.69) is 12.2 Å². The van der Waals surface area contributed by atoms with Crippen LogP contribution in [0, 0.1) is 13.8 Å². The molecule has 1 aromatic rings. The summed E-state index contributed by atoms with van der Waals surface area (Å²) in [5.41, 5.74) is 1.89. The Balaban J connectivity index is 2.28. The smallest absolute Gasteiger partial charge is 0.303 e. The topological polar surface area (TPSA) is 75.6 Å². The predicted octanol–water partition coefficient (Wildman–Crippen LogP) is 3.22. The van der Waals surface area contributed by atoms with E-state index in [1.165, 1.54) is 11.1 Å². The van der Waals surface area contributed by atoms with Gasteiger partial charge < -0.3 is 15.2 Å². The van der Waals surface area contributed by atoms with Crippen molar-refractivity contribution in [2.75, 3.05) is 6.61 Å². The summed E-state index contributed by atoms with van der Waals surface area (Å²) in [7, 11) is 0. The van der Waals surface area contributed by atoms with E-state index >= 15 is 0 Å². The average molecular weight is 321 g/mol. The zero-order valence-corrected chi connectivity index (χ0v) is 14.4. The molecular weight excluding hydrogens is 294 g/mol.